The average molecular weight is 265 g/mol. The molecular formula is C16H15N3O. The fraction of sp³-hybridized carbons (Fsp3) is 0.250. The first-order valence-corrected chi connectivity index (χ1v) is 6.91. The van der Waals surface area contributed by atoms with Crippen molar-refractivity contribution in [2.75, 3.05) is 0 Å². The van der Waals surface area contributed by atoms with Crippen molar-refractivity contribution in [3.05, 3.63) is 60.0 Å². The number of hydrogen-bond donors (Lipinski definition) is 0. The fourth-order valence-corrected chi connectivity index (χ4v) is 2.34. The molecule has 4 rings (SSSR count). The number of benzene rings is 1. The Labute approximate surface area is 117 Å². The van der Waals surface area contributed by atoms with Gasteiger partial charge in [0.05, 0.1) is 0 Å². The normalized spacial score (nSPS) is 14.6. The molecule has 0 spiro atoms. The van der Waals surface area contributed by atoms with Crippen LogP contribution in [-0.4, -0.2) is 14.6 Å². The van der Waals surface area contributed by atoms with Gasteiger partial charge in [-0.2, -0.15) is 0 Å². The molecular weight excluding hydrogens is 250 g/mol. The van der Waals surface area contributed by atoms with Crippen molar-refractivity contribution in [2.24, 2.45) is 0 Å². The average Bonchev–Trinajstić information content (AvgIpc) is 3.26. The molecule has 3 aromatic rings. The Morgan fingerprint density at radius 3 is 2.75 bits per heavy atom. The Morgan fingerprint density at radius 2 is 1.95 bits per heavy atom. The van der Waals surface area contributed by atoms with Crippen molar-refractivity contribution >= 4 is 5.65 Å². The van der Waals surface area contributed by atoms with E-state index in [9.17, 15) is 0 Å². The molecule has 2 heterocycles. The second kappa shape index (κ2) is 4.63. The molecule has 1 aromatic carbocycles. The summed E-state index contributed by atoms with van der Waals surface area (Å²) in [5.74, 6) is 2.51. The monoisotopic (exact) mass is 265 g/mol. The first-order chi connectivity index (χ1) is 9.90. The molecule has 0 amide bonds. The van der Waals surface area contributed by atoms with Gasteiger partial charge < -0.3 is 4.74 Å². The SMILES string of the molecule is c1ccc(COc2ccn3c(C4CC4)nnc3c2)cc1. The topological polar surface area (TPSA) is 39.4 Å². The highest BCUT2D eigenvalue weighted by Crippen LogP contribution is 2.39. The lowest BCUT2D eigenvalue weighted by Crippen LogP contribution is -1.97. The van der Waals surface area contributed by atoms with Gasteiger partial charge in [-0.05, 0) is 24.5 Å². The molecule has 4 nitrogen and oxygen atoms in total. The standard InChI is InChI=1S/C16H15N3O/c1-2-4-12(5-3-1)11-20-14-8-9-19-15(10-14)17-18-16(19)13-6-7-13/h1-5,8-10,13H,6-7,11H2. The minimum atomic E-state index is 0.570. The van der Waals surface area contributed by atoms with Crippen LogP contribution in [-0.2, 0) is 6.61 Å². The number of fused-ring (bicyclic) bond motifs is 1. The van der Waals surface area contributed by atoms with Gasteiger partial charge in [0.15, 0.2) is 5.65 Å². The summed E-state index contributed by atoms with van der Waals surface area (Å²) in [6.45, 7) is 0.570. The number of pyridine rings is 1. The van der Waals surface area contributed by atoms with E-state index >= 15 is 0 Å². The molecule has 100 valence electrons. The molecule has 0 bridgehead atoms. The maximum atomic E-state index is 5.80. The van der Waals surface area contributed by atoms with Crippen LogP contribution >= 0.6 is 0 Å². The van der Waals surface area contributed by atoms with Crippen LogP contribution in [0.2, 0.25) is 0 Å². The van der Waals surface area contributed by atoms with E-state index in [1.807, 2.05) is 36.5 Å². The molecule has 0 aliphatic heterocycles. The van der Waals surface area contributed by atoms with Crippen LogP contribution in [0.25, 0.3) is 5.65 Å². The molecule has 0 radical (unpaired) electrons. The van der Waals surface area contributed by atoms with Crippen LogP contribution in [0.5, 0.6) is 5.75 Å². The third kappa shape index (κ3) is 2.13. The summed E-state index contributed by atoms with van der Waals surface area (Å²) in [6, 6.07) is 14.1. The molecule has 0 N–H and O–H groups in total. The van der Waals surface area contributed by atoms with E-state index in [1.54, 1.807) is 0 Å². The Bertz CT molecular complexity index is 732. The van der Waals surface area contributed by atoms with Crippen molar-refractivity contribution < 1.29 is 4.74 Å². The second-order valence-electron chi connectivity index (χ2n) is 5.20. The molecule has 1 aliphatic carbocycles. The quantitative estimate of drug-likeness (QED) is 0.727. The number of ether oxygens (including phenoxy) is 1. The highest BCUT2D eigenvalue weighted by Gasteiger charge is 2.28. The van der Waals surface area contributed by atoms with E-state index in [1.165, 1.54) is 12.8 Å². The summed E-state index contributed by atoms with van der Waals surface area (Å²) in [5.41, 5.74) is 2.02. The Morgan fingerprint density at radius 1 is 1.10 bits per heavy atom. The highest BCUT2D eigenvalue weighted by atomic mass is 16.5. The minimum absolute atomic E-state index is 0.570. The van der Waals surface area contributed by atoms with Crippen molar-refractivity contribution in [2.45, 2.75) is 25.4 Å². The Kier molecular flexibility index (Phi) is 2.66. The zero-order valence-electron chi connectivity index (χ0n) is 11.1. The predicted molar refractivity (Wildman–Crippen MR) is 75.7 cm³/mol. The van der Waals surface area contributed by atoms with Gasteiger partial charge in [-0.15, -0.1) is 10.2 Å². The Hall–Kier alpha value is -2.36. The first kappa shape index (κ1) is 11.5. The van der Waals surface area contributed by atoms with Crippen LogP contribution in [0.4, 0.5) is 0 Å². The fourth-order valence-electron chi connectivity index (χ4n) is 2.34. The molecule has 0 atom stereocenters. The molecule has 0 saturated heterocycles. The predicted octanol–water partition coefficient (Wildman–Crippen LogP) is 3.19. The summed E-state index contributed by atoms with van der Waals surface area (Å²) < 4.78 is 7.87. The highest BCUT2D eigenvalue weighted by molar-refractivity contribution is 5.44. The number of nitrogens with zero attached hydrogens (tertiary/aromatic N) is 3. The van der Waals surface area contributed by atoms with E-state index in [2.05, 4.69) is 26.7 Å². The van der Waals surface area contributed by atoms with E-state index in [0.29, 0.717) is 12.5 Å². The second-order valence-corrected chi connectivity index (χ2v) is 5.20. The van der Waals surface area contributed by atoms with Gasteiger partial charge in [-0.1, -0.05) is 30.3 Å². The van der Waals surface area contributed by atoms with Crippen LogP contribution in [0.1, 0.15) is 30.1 Å². The van der Waals surface area contributed by atoms with Crippen molar-refractivity contribution in [1.29, 1.82) is 0 Å². The molecule has 1 fully saturated rings. The lowest BCUT2D eigenvalue weighted by atomic mass is 10.2. The molecule has 0 unspecified atom stereocenters. The third-order valence-corrected chi connectivity index (χ3v) is 3.60. The lowest BCUT2D eigenvalue weighted by molar-refractivity contribution is 0.306. The van der Waals surface area contributed by atoms with Gasteiger partial charge in [0.1, 0.15) is 18.2 Å². The summed E-state index contributed by atoms with van der Waals surface area (Å²) in [5, 5.41) is 8.50. The van der Waals surface area contributed by atoms with E-state index in [4.69, 9.17) is 4.74 Å². The van der Waals surface area contributed by atoms with E-state index < -0.39 is 0 Å². The van der Waals surface area contributed by atoms with Crippen LogP contribution in [0.3, 0.4) is 0 Å². The first-order valence-electron chi connectivity index (χ1n) is 6.91. The maximum Gasteiger partial charge on any atom is 0.164 e. The molecule has 2 aromatic heterocycles. The largest absolute Gasteiger partial charge is 0.489 e. The number of rotatable bonds is 4. The summed E-state index contributed by atoms with van der Waals surface area (Å²) >= 11 is 0. The van der Waals surface area contributed by atoms with E-state index in [-0.39, 0.29) is 0 Å². The molecule has 1 saturated carbocycles. The number of aromatic nitrogens is 3. The zero-order chi connectivity index (χ0) is 13.4. The molecule has 4 heteroatoms. The van der Waals surface area contributed by atoms with Gasteiger partial charge in [0.25, 0.3) is 0 Å². The molecule has 1 aliphatic rings. The third-order valence-electron chi connectivity index (χ3n) is 3.60. The molecule has 20 heavy (non-hydrogen) atoms. The lowest BCUT2D eigenvalue weighted by Gasteiger charge is -2.06. The summed E-state index contributed by atoms with van der Waals surface area (Å²) in [4.78, 5) is 0. The zero-order valence-corrected chi connectivity index (χ0v) is 11.1. The minimum Gasteiger partial charge on any atom is -0.489 e. The van der Waals surface area contributed by atoms with Crippen LogP contribution in [0.15, 0.2) is 48.7 Å². The van der Waals surface area contributed by atoms with Crippen molar-refractivity contribution in [3.8, 4) is 5.75 Å². The van der Waals surface area contributed by atoms with Gasteiger partial charge in [-0.25, -0.2) is 0 Å². The smallest absolute Gasteiger partial charge is 0.164 e. The van der Waals surface area contributed by atoms with Gasteiger partial charge in [0.2, 0.25) is 0 Å². The number of hydrogen-bond acceptors (Lipinski definition) is 3. The van der Waals surface area contributed by atoms with E-state index in [0.717, 1.165) is 22.8 Å². The summed E-state index contributed by atoms with van der Waals surface area (Å²) in [6.07, 6.45) is 4.46. The maximum absolute atomic E-state index is 5.80. The van der Waals surface area contributed by atoms with Gasteiger partial charge >= 0.3 is 0 Å². The van der Waals surface area contributed by atoms with Gasteiger partial charge in [-0.3, -0.25) is 4.40 Å². The van der Waals surface area contributed by atoms with Crippen LogP contribution < -0.4 is 4.74 Å². The summed E-state index contributed by atoms with van der Waals surface area (Å²) in [7, 11) is 0. The van der Waals surface area contributed by atoms with Crippen LogP contribution in [0, 0.1) is 0 Å². The van der Waals surface area contributed by atoms with Gasteiger partial charge in [0, 0.05) is 18.2 Å². The van der Waals surface area contributed by atoms with Crippen molar-refractivity contribution in [3.63, 3.8) is 0 Å². The Balaban J connectivity index is 1.55. The van der Waals surface area contributed by atoms with Crippen molar-refractivity contribution in [1.82, 2.24) is 14.6 Å².